The quantitative estimate of drug-likeness (QED) is 0.816. The molecule has 0 heterocycles. The van der Waals surface area contributed by atoms with Crippen LogP contribution in [0.1, 0.15) is 37.6 Å². The summed E-state index contributed by atoms with van der Waals surface area (Å²) in [5, 5.41) is 2.72. The number of hydrogen-bond donors (Lipinski definition) is 1. The van der Waals surface area contributed by atoms with E-state index in [2.05, 4.69) is 5.32 Å². The summed E-state index contributed by atoms with van der Waals surface area (Å²) in [6, 6.07) is 6.68. The van der Waals surface area contributed by atoms with Crippen molar-refractivity contribution in [3.63, 3.8) is 0 Å². The van der Waals surface area contributed by atoms with Crippen LogP contribution in [-0.2, 0) is 9.53 Å². The normalized spacial score (nSPS) is 10.2. The predicted molar refractivity (Wildman–Crippen MR) is 70.5 cm³/mol. The zero-order valence-corrected chi connectivity index (χ0v) is 11.0. The lowest BCUT2D eigenvalue weighted by atomic mass is 10.2. The van der Waals surface area contributed by atoms with E-state index in [0.717, 1.165) is 0 Å². The highest BCUT2D eigenvalue weighted by molar-refractivity contribution is 5.92. The topological polar surface area (TPSA) is 55.4 Å². The Bertz CT molecular complexity index is 410. The van der Waals surface area contributed by atoms with Gasteiger partial charge in [-0.3, -0.25) is 4.79 Å². The van der Waals surface area contributed by atoms with Gasteiger partial charge in [-0.25, -0.2) is 4.79 Å². The van der Waals surface area contributed by atoms with Gasteiger partial charge in [0.15, 0.2) is 0 Å². The minimum atomic E-state index is -0.336. The summed E-state index contributed by atoms with van der Waals surface area (Å²) < 4.78 is 5.11. The van der Waals surface area contributed by atoms with Gasteiger partial charge in [0.2, 0.25) is 5.91 Å². The van der Waals surface area contributed by atoms with Gasteiger partial charge in [0.05, 0.1) is 12.2 Å². The maximum atomic E-state index is 11.6. The van der Waals surface area contributed by atoms with Crippen molar-refractivity contribution >= 4 is 17.6 Å². The Balaban J connectivity index is 2.59. The number of carbonyl (C=O) groups is 2. The third kappa shape index (κ3) is 4.57. The van der Waals surface area contributed by atoms with Crippen LogP contribution in [0.2, 0.25) is 0 Å². The second-order valence-electron chi connectivity index (χ2n) is 4.47. The Morgan fingerprint density at radius 3 is 2.33 bits per heavy atom. The monoisotopic (exact) mass is 249 g/mol. The largest absolute Gasteiger partial charge is 0.462 e. The molecule has 1 amide bonds. The molecule has 0 aliphatic carbocycles. The third-order valence-corrected chi connectivity index (χ3v) is 2.27. The molecule has 0 aliphatic heterocycles. The van der Waals surface area contributed by atoms with Crippen LogP contribution in [0, 0.1) is 5.92 Å². The Morgan fingerprint density at radius 1 is 1.22 bits per heavy atom. The van der Waals surface area contributed by atoms with E-state index in [0.29, 0.717) is 30.2 Å². The molecule has 4 nitrogen and oxygen atoms in total. The lowest BCUT2D eigenvalue weighted by Gasteiger charge is -2.08. The summed E-state index contributed by atoms with van der Waals surface area (Å²) in [7, 11) is 0. The molecule has 0 saturated heterocycles. The summed E-state index contributed by atoms with van der Waals surface area (Å²) in [6.07, 6.45) is 0.429. The van der Waals surface area contributed by atoms with Crippen molar-refractivity contribution in [3.05, 3.63) is 29.8 Å². The third-order valence-electron chi connectivity index (χ3n) is 2.27. The number of nitrogens with one attached hydrogen (secondary N) is 1. The molecule has 1 N–H and O–H groups in total. The van der Waals surface area contributed by atoms with Crippen LogP contribution in [0.4, 0.5) is 5.69 Å². The van der Waals surface area contributed by atoms with E-state index in [4.69, 9.17) is 4.74 Å². The van der Waals surface area contributed by atoms with Crippen LogP contribution in [0.5, 0.6) is 0 Å². The fourth-order valence-corrected chi connectivity index (χ4v) is 1.26. The van der Waals surface area contributed by atoms with Gasteiger partial charge in [-0.2, -0.15) is 0 Å². The van der Waals surface area contributed by atoms with E-state index in [1.54, 1.807) is 31.2 Å². The number of carbonyl (C=O) groups excluding carboxylic acids is 2. The number of anilines is 1. The number of rotatable bonds is 5. The van der Waals surface area contributed by atoms with E-state index in [-0.39, 0.29) is 11.9 Å². The standard InChI is InChI=1S/C14H19NO3/c1-4-13(16)15-12-7-5-11(6-8-12)14(17)18-9-10(2)3/h5-8,10H,4,9H2,1-3H3,(H,15,16). The fourth-order valence-electron chi connectivity index (χ4n) is 1.26. The molecular weight excluding hydrogens is 230 g/mol. The van der Waals surface area contributed by atoms with Gasteiger partial charge >= 0.3 is 5.97 Å². The first kappa shape index (κ1) is 14.2. The Morgan fingerprint density at radius 2 is 1.83 bits per heavy atom. The van der Waals surface area contributed by atoms with Crippen LogP contribution < -0.4 is 5.32 Å². The van der Waals surface area contributed by atoms with Gasteiger partial charge in [0, 0.05) is 12.1 Å². The maximum absolute atomic E-state index is 11.6. The van der Waals surface area contributed by atoms with Gasteiger partial charge in [0.25, 0.3) is 0 Å². The SMILES string of the molecule is CCC(=O)Nc1ccc(C(=O)OCC(C)C)cc1. The highest BCUT2D eigenvalue weighted by Gasteiger charge is 2.08. The lowest BCUT2D eigenvalue weighted by Crippen LogP contribution is -2.11. The Hall–Kier alpha value is -1.84. The molecule has 18 heavy (non-hydrogen) atoms. The first-order valence-corrected chi connectivity index (χ1v) is 6.10. The molecule has 98 valence electrons. The lowest BCUT2D eigenvalue weighted by molar-refractivity contribution is -0.115. The summed E-state index contributed by atoms with van der Waals surface area (Å²) in [4.78, 5) is 22.8. The molecule has 1 aromatic carbocycles. The van der Waals surface area contributed by atoms with Crippen molar-refractivity contribution in [3.8, 4) is 0 Å². The molecule has 4 heteroatoms. The zero-order valence-electron chi connectivity index (χ0n) is 11.0. The second-order valence-corrected chi connectivity index (χ2v) is 4.47. The highest BCUT2D eigenvalue weighted by Crippen LogP contribution is 2.11. The highest BCUT2D eigenvalue weighted by atomic mass is 16.5. The summed E-state index contributed by atoms with van der Waals surface area (Å²) in [6.45, 7) is 6.16. The molecule has 0 aromatic heterocycles. The van der Waals surface area contributed by atoms with Gasteiger partial charge < -0.3 is 10.1 Å². The molecule has 0 fully saturated rings. The number of hydrogen-bond acceptors (Lipinski definition) is 3. The average Bonchev–Trinajstić information content (AvgIpc) is 2.36. The minimum absolute atomic E-state index is 0.0508. The molecule has 1 aromatic rings. The van der Waals surface area contributed by atoms with Gasteiger partial charge in [0.1, 0.15) is 0 Å². The number of benzene rings is 1. The molecule has 0 aliphatic rings. The van der Waals surface area contributed by atoms with Gasteiger partial charge in [-0.1, -0.05) is 20.8 Å². The molecule has 0 saturated carbocycles. The van der Waals surface area contributed by atoms with Gasteiger partial charge in [-0.05, 0) is 30.2 Å². The summed E-state index contributed by atoms with van der Waals surface area (Å²) in [5.41, 5.74) is 1.17. The fraction of sp³-hybridized carbons (Fsp3) is 0.429. The number of amides is 1. The van der Waals surface area contributed by atoms with Crippen molar-refractivity contribution in [2.45, 2.75) is 27.2 Å². The molecule has 1 rings (SSSR count). The van der Waals surface area contributed by atoms with Crippen molar-refractivity contribution in [1.29, 1.82) is 0 Å². The van der Waals surface area contributed by atoms with Gasteiger partial charge in [-0.15, -0.1) is 0 Å². The van der Waals surface area contributed by atoms with E-state index in [1.165, 1.54) is 0 Å². The van der Waals surface area contributed by atoms with Crippen LogP contribution >= 0.6 is 0 Å². The average molecular weight is 249 g/mol. The molecule has 0 atom stereocenters. The minimum Gasteiger partial charge on any atom is -0.462 e. The van der Waals surface area contributed by atoms with Crippen LogP contribution in [0.3, 0.4) is 0 Å². The Kier molecular flexibility index (Phi) is 5.36. The van der Waals surface area contributed by atoms with Crippen molar-refractivity contribution < 1.29 is 14.3 Å². The maximum Gasteiger partial charge on any atom is 0.338 e. The number of ether oxygens (including phenoxy) is 1. The van der Waals surface area contributed by atoms with E-state index >= 15 is 0 Å². The zero-order chi connectivity index (χ0) is 13.5. The second kappa shape index (κ2) is 6.79. The van der Waals surface area contributed by atoms with Crippen molar-refractivity contribution in [2.75, 3.05) is 11.9 Å². The molecule has 0 bridgehead atoms. The summed E-state index contributed by atoms with van der Waals surface area (Å²) in [5.74, 6) is -0.0701. The molecule has 0 unspecified atom stereocenters. The van der Waals surface area contributed by atoms with E-state index in [1.807, 2.05) is 13.8 Å². The van der Waals surface area contributed by atoms with Crippen LogP contribution in [0.15, 0.2) is 24.3 Å². The van der Waals surface area contributed by atoms with E-state index < -0.39 is 0 Å². The Labute approximate surface area is 107 Å². The first-order chi connectivity index (χ1) is 8.52. The van der Waals surface area contributed by atoms with Crippen LogP contribution in [-0.4, -0.2) is 18.5 Å². The predicted octanol–water partition coefficient (Wildman–Crippen LogP) is 2.85. The van der Waals surface area contributed by atoms with Crippen molar-refractivity contribution in [2.24, 2.45) is 5.92 Å². The van der Waals surface area contributed by atoms with E-state index in [9.17, 15) is 9.59 Å². The molecule has 0 radical (unpaired) electrons. The first-order valence-electron chi connectivity index (χ1n) is 6.10. The molecule has 0 spiro atoms. The smallest absolute Gasteiger partial charge is 0.338 e. The molecular formula is C14H19NO3. The summed E-state index contributed by atoms with van der Waals surface area (Å²) >= 11 is 0. The van der Waals surface area contributed by atoms with Crippen LogP contribution in [0.25, 0.3) is 0 Å². The van der Waals surface area contributed by atoms with Crippen molar-refractivity contribution in [1.82, 2.24) is 0 Å². The number of esters is 1.